The highest BCUT2D eigenvalue weighted by Gasteiger charge is 2.30. The van der Waals surface area contributed by atoms with Gasteiger partial charge in [0.05, 0.1) is 24.9 Å². The van der Waals surface area contributed by atoms with Crippen molar-refractivity contribution in [1.82, 2.24) is 19.6 Å². The molecule has 2 aromatic carbocycles. The molecule has 0 aliphatic carbocycles. The Morgan fingerprint density at radius 1 is 1.08 bits per heavy atom. The van der Waals surface area contributed by atoms with Crippen molar-refractivity contribution in [2.45, 2.75) is 25.2 Å². The normalized spacial score (nSPS) is 11.2. The van der Waals surface area contributed by atoms with Gasteiger partial charge >= 0.3 is 6.18 Å². The zero-order valence-electron chi connectivity index (χ0n) is 20.1. The highest BCUT2D eigenvalue weighted by molar-refractivity contribution is 7.98. The van der Waals surface area contributed by atoms with E-state index in [0.717, 1.165) is 17.7 Å². The van der Waals surface area contributed by atoms with Gasteiger partial charge in [-0.3, -0.25) is 0 Å². The number of hydrogen-bond donors (Lipinski definition) is 1. The lowest BCUT2D eigenvalue weighted by Crippen LogP contribution is -2.04. The van der Waals surface area contributed by atoms with E-state index in [1.165, 1.54) is 22.3 Å². The number of nitrogens with zero attached hydrogens (tertiary/aromatic N) is 5. The van der Waals surface area contributed by atoms with Crippen molar-refractivity contribution in [3.63, 3.8) is 0 Å². The highest BCUT2D eigenvalue weighted by Crippen LogP contribution is 2.33. The molecule has 12 heteroatoms. The molecule has 0 saturated heterocycles. The van der Waals surface area contributed by atoms with Gasteiger partial charge < -0.3 is 14.5 Å². The van der Waals surface area contributed by atoms with Crippen LogP contribution in [0.5, 0.6) is 5.75 Å². The number of benzene rings is 2. The van der Waals surface area contributed by atoms with Crippen molar-refractivity contribution < 1.29 is 22.3 Å². The summed E-state index contributed by atoms with van der Waals surface area (Å²) in [6.07, 6.45) is -2.62. The molecule has 0 saturated carbocycles. The Hall–Kier alpha value is -4.50. The van der Waals surface area contributed by atoms with E-state index in [9.17, 15) is 18.4 Å². The van der Waals surface area contributed by atoms with Crippen LogP contribution in [0, 0.1) is 11.3 Å². The average molecular weight is 553 g/mol. The Morgan fingerprint density at radius 2 is 1.85 bits per heavy atom. The van der Waals surface area contributed by atoms with E-state index in [4.69, 9.17) is 9.15 Å². The first-order chi connectivity index (χ1) is 18.3. The maximum absolute atomic E-state index is 13.1. The summed E-state index contributed by atoms with van der Waals surface area (Å²) in [5.74, 6) is 1.99. The van der Waals surface area contributed by atoms with Gasteiger partial charge in [0.1, 0.15) is 33.9 Å². The number of thioether (sulfide) groups is 1. The van der Waals surface area contributed by atoms with Gasteiger partial charge in [-0.25, -0.2) is 4.98 Å². The SMILES string of the molecule is C.COc1ccc(-c2c(C#N)c(SC)nc3nc(NCc4ccc(-c5cccc(C(F)(F)F)c5)o4)nn23)cc1. The van der Waals surface area contributed by atoms with Crippen LogP contribution in [-0.4, -0.2) is 32.9 Å². The van der Waals surface area contributed by atoms with Crippen LogP contribution >= 0.6 is 11.8 Å². The van der Waals surface area contributed by atoms with Gasteiger partial charge in [0, 0.05) is 11.1 Å². The van der Waals surface area contributed by atoms with Crippen LogP contribution in [0.4, 0.5) is 19.1 Å². The second-order valence-electron chi connectivity index (χ2n) is 8.03. The molecular formula is C27H23F3N6O2S. The summed E-state index contributed by atoms with van der Waals surface area (Å²) in [4.78, 5) is 8.93. The van der Waals surface area contributed by atoms with Crippen LogP contribution < -0.4 is 10.1 Å². The van der Waals surface area contributed by atoms with Crippen molar-refractivity contribution >= 4 is 23.5 Å². The van der Waals surface area contributed by atoms with Crippen LogP contribution in [-0.2, 0) is 12.7 Å². The molecule has 0 spiro atoms. The predicted octanol–water partition coefficient (Wildman–Crippen LogP) is 6.92. The molecule has 3 aromatic heterocycles. The van der Waals surface area contributed by atoms with E-state index < -0.39 is 11.7 Å². The largest absolute Gasteiger partial charge is 0.497 e. The second kappa shape index (κ2) is 11.1. The first-order valence-corrected chi connectivity index (χ1v) is 12.4. The van der Waals surface area contributed by atoms with Gasteiger partial charge in [0.25, 0.3) is 5.78 Å². The van der Waals surface area contributed by atoms with Gasteiger partial charge in [-0.1, -0.05) is 19.6 Å². The van der Waals surface area contributed by atoms with Gasteiger partial charge in [-0.05, 0) is 54.8 Å². The number of methoxy groups -OCH3 is 1. The summed E-state index contributed by atoms with van der Waals surface area (Å²) in [5, 5.41) is 18.0. The molecule has 0 aliphatic heterocycles. The molecule has 0 fully saturated rings. The minimum atomic E-state index is -4.44. The van der Waals surface area contributed by atoms with Crippen molar-refractivity contribution in [1.29, 1.82) is 5.26 Å². The van der Waals surface area contributed by atoms with Crippen molar-refractivity contribution in [2.75, 3.05) is 18.7 Å². The summed E-state index contributed by atoms with van der Waals surface area (Å²) in [7, 11) is 1.57. The number of hydrogen-bond acceptors (Lipinski definition) is 8. The topological polar surface area (TPSA) is 101 Å². The zero-order chi connectivity index (χ0) is 26.9. The first-order valence-electron chi connectivity index (χ1n) is 11.2. The third-order valence-corrected chi connectivity index (χ3v) is 6.36. The summed E-state index contributed by atoms with van der Waals surface area (Å²) in [5.41, 5.74) is 1.21. The van der Waals surface area contributed by atoms with E-state index in [0.29, 0.717) is 44.9 Å². The molecule has 0 amide bonds. The molecule has 8 nitrogen and oxygen atoms in total. The third kappa shape index (κ3) is 5.53. The third-order valence-electron chi connectivity index (χ3n) is 5.68. The fourth-order valence-electron chi connectivity index (χ4n) is 3.86. The fraction of sp³-hybridized carbons (Fsp3) is 0.185. The highest BCUT2D eigenvalue weighted by atomic mass is 32.2. The fourth-order valence-corrected chi connectivity index (χ4v) is 4.38. The van der Waals surface area contributed by atoms with Gasteiger partial charge in [0.2, 0.25) is 5.95 Å². The molecule has 5 aromatic rings. The number of nitrogens with one attached hydrogen (secondary N) is 1. The number of rotatable bonds is 7. The van der Waals surface area contributed by atoms with Gasteiger partial charge in [0.15, 0.2) is 0 Å². The quantitative estimate of drug-likeness (QED) is 0.172. The molecule has 0 bridgehead atoms. The van der Waals surface area contributed by atoms with Crippen LogP contribution in [0.15, 0.2) is 70.1 Å². The van der Waals surface area contributed by atoms with Crippen molar-refractivity contribution in [3.8, 4) is 34.4 Å². The number of furan rings is 1. The van der Waals surface area contributed by atoms with Gasteiger partial charge in [-0.15, -0.1) is 16.9 Å². The zero-order valence-corrected chi connectivity index (χ0v) is 20.9. The smallest absolute Gasteiger partial charge is 0.416 e. The van der Waals surface area contributed by atoms with Gasteiger partial charge in [-0.2, -0.15) is 27.9 Å². The molecular weight excluding hydrogens is 529 g/mol. The van der Waals surface area contributed by atoms with Crippen LogP contribution in [0.2, 0.25) is 0 Å². The second-order valence-corrected chi connectivity index (χ2v) is 8.83. The summed E-state index contributed by atoms with van der Waals surface area (Å²) < 4.78 is 51.7. The Morgan fingerprint density at radius 3 is 2.51 bits per heavy atom. The minimum absolute atomic E-state index is 0. The van der Waals surface area contributed by atoms with Crippen molar-refractivity contribution in [3.05, 3.63) is 77.6 Å². The van der Waals surface area contributed by atoms with Crippen LogP contribution in [0.1, 0.15) is 24.3 Å². The summed E-state index contributed by atoms with van der Waals surface area (Å²) in [6, 6.07) is 17.7. The maximum atomic E-state index is 13.1. The minimum Gasteiger partial charge on any atom is -0.497 e. The van der Waals surface area contributed by atoms with E-state index in [1.807, 2.05) is 18.4 Å². The molecule has 0 aliphatic rings. The number of halogens is 3. The Kier molecular flexibility index (Phi) is 7.83. The summed E-state index contributed by atoms with van der Waals surface area (Å²) in [6.45, 7) is 0.175. The molecule has 0 atom stereocenters. The molecule has 39 heavy (non-hydrogen) atoms. The standard InChI is InChI=1S/C26H19F3N6O2S.CH4/c1-36-18-8-6-15(7-9-18)22-20(13-30)23(38-2)32-25-33-24(34-35(22)25)31-14-19-10-11-21(37-19)16-4-3-5-17(12-16)26(27,28)29;/h3-12H,14H2,1-2H3,(H,31,34);1H4. The molecule has 1 N–H and O–H groups in total. The Labute approximate surface area is 226 Å². The number of aromatic nitrogens is 4. The van der Waals surface area contributed by atoms with E-state index >= 15 is 0 Å². The molecule has 0 radical (unpaired) electrons. The van der Waals surface area contributed by atoms with E-state index in [-0.39, 0.29) is 19.9 Å². The Bertz CT molecular complexity index is 1660. The number of ether oxygens (including phenoxy) is 1. The molecule has 3 heterocycles. The Balaban J connectivity index is 0.00000353. The van der Waals surface area contributed by atoms with Crippen LogP contribution in [0.3, 0.4) is 0 Å². The lowest BCUT2D eigenvalue weighted by Gasteiger charge is -2.10. The van der Waals surface area contributed by atoms with Crippen LogP contribution in [0.25, 0.3) is 28.4 Å². The molecule has 0 unspecified atom stereocenters. The maximum Gasteiger partial charge on any atom is 0.416 e. The number of fused-ring (bicyclic) bond motifs is 1. The first kappa shape index (κ1) is 27.5. The van der Waals surface area contributed by atoms with E-state index in [2.05, 4.69) is 26.5 Å². The van der Waals surface area contributed by atoms with Crippen molar-refractivity contribution in [2.24, 2.45) is 0 Å². The monoisotopic (exact) mass is 552 g/mol. The summed E-state index contributed by atoms with van der Waals surface area (Å²) >= 11 is 1.33. The number of nitriles is 1. The lowest BCUT2D eigenvalue weighted by atomic mass is 10.1. The number of anilines is 1. The molecule has 5 rings (SSSR count). The predicted molar refractivity (Wildman–Crippen MR) is 142 cm³/mol. The average Bonchev–Trinajstić information content (AvgIpc) is 3.57. The number of alkyl halides is 3. The molecule has 200 valence electrons. The van der Waals surface area contributed by atoms with E-state index in [1.54, 1.807) is 37.4 Å². The lowest BCUT2D eigenvalue weighted by molar-refractivity contribution is -0.137.